The molecule has 1 unspecified atom stereocenters. The minimum atomic E-state index is -0.293. The van der Waals surface area contributed by atoms with Crippen molar-refractivity contribution < 1.29 is 14.3 Å². The molecule has 1 saturated heterocycles. The van der Waals surface area contributed by atoms with E-state index in [9.17, 15) is 9.59 Å². The Labute approximate surface area is 183 Å². The molecule has 7 nitrogen and oxygen atoms in total. The van der Waals surface area contributed by atoms with E-state index in [0.717, 1.165) is 17.9 Å². The number of anilines is 1. The van der Waals surface area contributed by atoms with Crippen molar-refractivity contribution in [2.75, 3.05) is 32.1 Å². The molecule has 30 heavy (non-hydrogen) atoms. The number of methoxy groups -OCH3 is 1. The summed E-state index contributed by atoms with van der Waals surface area (Å²) in [7, 11) is 1.64. The predicted molar refractivity (Wildman–Crippen MR) is 121 cm³/mol. The van der Waals surface area contributed by atoms with Crippen LogP contribution in [0.3, 0.4) is 0 Å². The van der Waals surface area contributed by atoms with Crippen LogP contribution in [0.1, 0.15) is 35.8 Å². The number of carbonyl (C=O) groups is 2. The van der Waals surface area contributed by atoms with Gasteiger partial charge in [-0.25, -0.2) is 4.79 Å². The van der Waals surface area contributed by atoms with Crippen LogP contribution in [0, 0.1) is 0 Å². The summed E-state index contributed by atoms with van der Waals surface area (Å²) in [6.45, 7) is 5.75. The fourth-order valence-electron chi connectivity index (χ4n) is 3.49. The zero-order valence-corrected chi connectivity index (χ0v) is 18.3. The number of halogens is 1. The van der Waals surface area contributed by atoms with E-state index in [2.05, 4.69) is 16.0 Å². The molecule has 0 bridgehead atoms. The van der Waals surface area contributed by atoms with Gasteiger partial charge in [-0.05, 0) is 38.1 Å². The number of hydrogen-bond donors (Lipinski definition) is 3. The smallest absolute Gasteiger partial charge is 0.319 e. The van der Waals surface area contributed by atoms with Crippen molar-refractivity contribution in [1.82, 2.24) is 15.5 Å². The van der Waals surface area contributed by atoms with Crippen molar-refractivity contribution in [3.8, 4) is 5.75 Å². The Morgan fingerprint density at radius 3 is 2.67 bits per heavy atom. The first-order valence-corrected chi connectivity index (χ1v) is 9.81. The maximum atomic E-state index is 13.3. The Balaban J connectivity index is 0.00000320. The molecule has 1 aliphatic heterocycles. The molecule has 0 aliphatic carbocycles. The van der Waals surface area contributed by atoms with Crippen LogP contribution in [-0.4, -0.2) is 49.6 Å². The standard InChI is InChI=1S/C22H28N4O3.ClH/c1-15(2)24-22(28)25-17-8-6-7-16(13-17)21(27)26-12-11-23-14-19(26)18-9-4-5-10-20(18)29-3;/h4-10,13,15,19,23H,11-12,14H2,1-3H3,(H2,24,25,28);1H. The SMILES string of the molecule is COc1ccccc1C1CNCCN1C(=O)c1cccc(NC(=O)NC(C)C)c1.Cl. The molecule has 3 amide bonds. The van der Waals surface area contributed by atoms with Gasteiger partial charge in [-0.3, -0.25) is 4.79 Å². The molecule has 0 saturated carbocycles. The second kappa shape index (κ2) is 10.8. The molecule has 0 spiro atoms. The first kappa shape index (κ1) is 23.5. The fourth-order valence-corrected chi connectivity index (χ4v) is 3.49. The third-order valence-electron chi connectivity index (χ3n) is 4.79. The summed E-state index contributed by atoms with van der Waals surface area (Å²) < 4.78 is 5.51. The summed E-state index contributed by atoms with van der Waals surface area (Å²) in [6.07, 6.45) is 0. The van der Waals surface area contributed by atoms with Crippen molar-refractivity contribution in [3.05, 3.63) is 59.7 Å². The van der Waals surface area contributed by atoms with Gasteiger partial charge in [0.25, 0.3) is 5.91 Å². The molecule has 2 aromatic carbocycles. The number of benzene rings is 2. The average molecular weight is 433 g/mol. The van der Waals surface area contributed by atoms with Gasteiger partial charge in [0, 0.05) is 42.5 Å². The maximum absolute atomic E-state index is 13.3. The molecule has 0 aromatic heterocycles. The molecular formula is C22H29ClN4O3. The fraction of sp³-hybridized carbons (Fsp3) is 0.364. The summed E-state index contributed by atoms with van der Waals surface area (Å²) in [5.74, 6) is 0.690. The van der Waals surface area contributed by atoms with Gasteiger partial charge < -0.3 is 25.6 Å². The molecule has 162 valence electrons. The molecule has 2 aromatic rings. The van der Waals surface area contributed by atoms with Gasteiger partial charge >= 0.3 is 6.03 Å². The van der Waals surface area contributed by atoms with Gasteiger partial charge in [0.15, 0.2) is 0 Å². The third-order valence-corrected chi connectivity index (χ3v) is 4.79. The predicted octanol–water partition coefficient (Wildman–Crippen LogP) is 3.43. The number of rotatable bonds is 5. The van der Waals surface area contributed by atoms with Crippen LogP contribution in [0.5, 0.6) is 5.75 Å². The van der Waals surface area contributed by atoms with Crippen molar-refractivity contribution in [2.24, 2.45) is 0 Å². The van der Waals surface area contributed by atoms with E-state index in [4.69, 9.17) is 4.74 Å². The van der Waals surface area contributed by atoms with Crippen LogP contribution in [-0.2, 0) is 0 Å². The van der Waals surface area contributed by atoms with Crippen molar-refractivity contribution >= 4 is 30.0 Å². The van der Waals surface area contributed by atoms with E-state index in [1.807, 2.05) is 43.0 Å². The maximum Gasteiger partial charge on any atom is 0.319 e. The van der Waals surface area contributed by atoms with E-state index in [0.29, 0.717) is 24.3 Å². The average Bonchev–Trinajstić information content (AvgIpc) is 2.72. The molecule has 1 atom stereocenters. The highest BCUT2D eigenvalue weighted by molar-refractivity contribution is 5.97. The molecule has 3 rings (SSSR count). The number of hydrogen-bond acceptors (Lipinski definition) is 4. The number of piperazine rings is 1. The van der Waals surface area contributed by atoms with E-state index >= 15 is 0 Å². The van der Waals surface area contributed by atoms with Crippen molar-refractivity contribution in [1.29, 1.82) is 0 Å². The number of para-hydroxylation sites is 1. The molecular weight excluding hydrogens is 404 g/mol. The lowest BCUT2D eigenvalue weighted by molar-refractivity contribution is 0.0631. The van der Waals surface area contributed by atoms with Gasteiger partial charge in [-0.1, -0.05) is 24.3 Å². The normalized spacial score (nSPS) is 15.9. The topological polar surface area (TPSA) is 82.7 Å². The highest BCUT2D eigenvalue weighted by atomic mass is 35.5. The van der Waals surface area contributed by atoms with Crippen molar-refractivity contribution in [3.63, 3.8) is 0 Å². The lowest BCUT2D eigenvalue weighted by Gasteiger charge is -2.37. The second-order valence-electron chi connectivity index (χ2n) is 7.29. The highest BCUT2D eigenvalue weighted by Crippen LogP contribution is 2.31. The lowest BCUT2D eigenvalue weighted by atomic mass is 10.0. The largest absolute Gasteiger partial charge is 0.496 e. The number of nitrogens with one attached hydrogen (secondary N) is 3. The van der Waals surface area contributed by atoms with Crippen LogP contribution < -0.4 is 20.7 Å². The Bertz CT molecular complexity index is 875. The van der Waals surface area contributed by atoms with Gasteiger partial charge in [-0.2, -0.15) is 0 Å². The number of urea groups is 1. The minimum absolute atomic E-state index is 0. The monoisotopic (exact) mass is 432 g/mol. The first-order chi connectivity index (χ1) is 14.0. The van der Waals surface area contributed by atoms with Crippen molar-refractivity contribution in [2.45, 2.75) is 25.9 Å². The van der Waals surface area contributed by atoms with E-state index in [-0.39, 0.29) is 36.4 Å². The Morgan fingerprint density at radius 1 is 1.17 bits per heavy atom. The molecule has 1 heterocycles. The summed E-state index contributed by atoms with van der Waals surface area (Å²) in [5, 5.41) is 8.92. The van der Waals surface area contributed by atoms with Crippen LogP contribution in [0.4, 0.5) is 10.5 Å². The zero-order chi connectivity index (χ0) is 20.8. The van der Waals surface area contributed by atoms with E-state index < -0.39 is 0 Å². The number of ether oxygens (including phenoxy) is 1. The first-order valence-electron chi connectivity index (χ1n) is 9.81. The van der Waals surface area contributed by atoms with Gasteiger partial charge in [0.05, 0.1) is 13.2 Å². The van der Waals surface area contributed by atoms with E-state index in [1.165, 1.54) is 0 Å². The summed E-state index contributed by atoms with van der Waals surface area (Å²) in [6, 6.07) is 14.4. The van der Waals surface area contributed by atoms with Crippen LogP contribution in [0.2, 0.25) is 0 Å². The Morgan fingerprint density at radius 2 is 1.93 bits per heavy atom. The third kappa shape index (κ3) is 5.64. The summed E-state index contributed by atoms with van der Waals surface area (Å²) >= 11 is 0. The Hall–Kier alpha value is -2.77. The molecule has 1 fully saturated rings. The highest BCUT2D eigenvalue weighted by Gasteiger charge is 2.30. The van der Waals surface area contributed by atoms with Gasteiger partial charge in [0.1, 0.15) is 5.75 Å². The summed E-state index contributed by atoms with van der Waals surface area (Å²) in [4.78, 5) is 27.2. The zero-order valence-electron chi connectivity index (χ0n) is 17.5. The van der Waals surface area contributed by atoms with Crippen LogP contribution in [0.25, 0.3) is 0 Å². The molecule has 8 heteroatoms. The minimum Gasteiger partial charge on any atom is -0.496 e. The van der Waals surface area contributed by atoms with Crippen LogP contribution >= 0.6 is 12.4 Å². The number of carbonyl (C=O) groups excluding carboxylic acids is 2. The second-order valence-corrected chi connectivity index (χ2v) is 7.29. The summed E-state index contributed by atoms with van der Waals surface area (Å²) in [5.41, 5.74) is 2.09. The van der Waals surface area contributed by atoms with Crippen LogP contribution in [0.15, 0.2) is 48.5 Å². The van der Waals surface area contributed by atoms with Gasteiger partial charge in [-0.15, -0.1) is 12.4 Å². The van der Waals surface area contributed by atoms with E-state index in [1.54, 1.807) is 31.4 Å². The number of nitrogens with zero attached hydrogens (tertiary/aromatic N) is 1. The molecule has 3 N–H and O–H groups in total. The quantitative estimate of drug-likeness (QED) is 0.676. The molecule has 1 aliphatic rings. The molecule has 0 radical (unpaired) electrons. The Kier molecular flexibility index (Phi) is 8.50. The number of amides is 3. The lowest BCUT2D eigenvalue weighted by Crippen LogP contribution is -2.48. The van der Waals surface area contributed by atoms with Gasteiger partial charge in [0.2, 0.25) is 0 Å².